The lowest BCUT2D eigenvalue weighted by molar-refractivity contribution is -0.163. The summed E-state index contributed by atoms with van der Waals surface area (Å²) in [6.07, 6.45) is 14.6. The molecule has 0 aromatic heterocycles. The van der Waals surface area contributed by atoms with E-state index in [0.717, 1.165) is 83.2 Å². The van der Waals surface area contributed by atoms with Gasteiger partial charge in [0.15, 0.2) is 0 Å². The predicted octanol–water partition coefficient (Wildman–Crippen LogP) is 4.95. The van der Waals surface area contributed by atoms with Crippen LogP contribution in [0.3, 0.4) is 0 Å². The summed E-state index contributed by atoms with van der Waals surface area (Å²) in [5.41, 5.74) is -0.367. The van der Waals surface area contributed by atoms with Crippen molar-refractivity contribution in [2.75, 3.05) is 19.6 Å². The zero-order valence-corrected chi connectivity index (χ0v) is 24.0. The summed E-state index contributed by atoms with van der Waals surface area (Å²) < 4.78 is 6.19. The van der Waals surface area contributed by atoms with Crippen LogP contribution in [0.25, 0.3) is 0 Å². The third-order valence-electron chi connectivity index (χ3n) is 9.78. The van der Waals surface area contributed by atoms with Crippen LogP contribution in [0.4, 0.5) is 0 Å². The van der Waals surface area contributed by atoms with Crippen molar-refractivity contribution >= 4 is 11.8 Å². The molecule has 39 heavy (non-hydrogen) atoms. The highest BCUT2D eigenvalue weighted by Gasteiger charge is 2.54. The number of piperazine rings is 1. The first kappa shape index (κ1) is 28.4. The highest BCUT2D eigenvalue weighted by atomic mass is 16.5. The number of rotatable bonds is 9. The Morgan fingerprint density at radius 3 is 2.28 bits per heavy atom. The van der Waals surface area contributed by atoms with E-state index in [0.29, 0.717) is 31.9 Å². The largest absolute Gasteiger partial charge is 0.490 e. The summed E-state index contributed by atoms with van der Waals surface area (Å²) in [5.74, 6) is 0.940. The number of hydrogen-bond acceptors (Lipinski definition) is 5. The Hall–Kier alpha value is -2.12. The van der Waals surface area contributed by atoms with Gasteiger partial charge in [-0.2, -0.15) is 0 Å². The number of nitrogens with zero attached hydrogens (tertiary/aromatic N) is 2. The third kappa shape index (κ3) is 6.62. The van der Waals surface area contributed by atoms with E-state index in [9.17, 15) is 14.7 Å². The van der Waals surface area contributed by atoms with Gasteiger partial charge in [-0.1, -0.05) is 51.2 Å². The lowest BCUT2D eigenvalue weighted by Gasteiger charge is -2.52. The second-order valence-corrected chi connectivity index (χ2v) is 12.7. The fourth-order valence-corrected chi connectivity index (χ4v) is 7.33. The number of carbonyl (C=O) groups excluding carboxylic acids is 2. The molecule has 5 rings (SSSR count). The van der Waals surface area contributed by atoms with Crippen LogP contribution in [0.2, 0.25) is 0 Å². The normalized spacial score (nSPS) is 26.0. The molecule has 216 valence electrons. The van der Waals surface area contributed by atoms with E-state index >= 15 is 0 Å². The van der Waals surface area contributed by atoms with Gasteiger partial charge in [-0.15, -0.1) is 0 Å². The van der Waals surface area contributed by atoms with Gasteiger partial charge >= 0.3 is 0 Å². The van der Waals surface area contributed by atoms with Gasteiger partial charge in [0, 0.05) is 32.6 Å². The second kappa shape index (κ2) is 12.6. The van der Waals surface area contributed by atoms with Gasteiger partial charge in [0.05, 0.1) is 11.7 Å². The van der Waals surface area contributed by atoms with Crippen LogP contribution in [0.5, 0.6) is 5.75 Å². The molecule has 1 aromatic carbocycles. The highest BCUT2D eigenvalue weighted by molar-refractivity contribution is 6.00. The van der Waals surface area contributed by atoms with Crippen molar-refractivity contribution in [2.45, 2.75) is 133 Å². The minimum atomic E-state index is -0.840. The Kier molecular flexibility index (Phi) is 9.17. The van der Waals surface area contributed by atoms with Crippen molar-refractivity contribution in [3.05, 3.63) is 29.8 Å². The average molecular weight is 540 g/mol. The van der Waals surface area contributed by atoms with E-state index in [2.05, 4.69) is 41.4 Å². The lowest BCUT2D eigenvalue weighted by Crippen LogP contribution is -2.73. The monoisotopic (exact) mass is 539 g/mol. The van der Waals surface area contributed by atoms with E-state index in [1.807, 2.05) is 4.90 Å². The quantitative estimate of drug-likeness (QED) is 0.464. The number of amides is 2. The molecular formula is C32H49N3O4. The summed E-state index contributed by atoms with van der Waals surface area (Å²) in [5, 5.41) is 14.2. The summed E-state index contributed by atoms with van der Waals surface area (Å²) in [4.78, 5) is 31.8. The fourth-order valence-electron chi connectivity index (χ4n) is 7.33. The number of likely N-dealkylation sites (tertiary alicyclic amines) is 1. The van der Waals surface area contributed by atoms with E-state index in [1.165, 1.54) is 24.8 Å². The molecule has 2 saturated heterocycles. The smallest absolute Gasteiger partial charge is 0.246 e. The van der Waals surface area contributed by atoms with E-state index in [1.54, 1.807) is 0 Å². The standard InChI is InChI=1S/C32H49N3O4/c1-2-3-20-35-29(36)28(23-31(38)16-8-5-9-17-31)33-30(37)32(35)18-21-34(22-19-32)24-25-12-14-27(15-13-25)39-26-10-6-4-7-11-26/h12-15,26,28,38H,2-11,16-24H2,1H3,(H,33,37)/t28-/m1/s1. The number of carbonyl (C=O) groups is 2. The summed E-state index contributed by atoms with van der Waals surface area (Å²) in [6, 6.07) is 7.89. The molecule has 2 saturated carbocycles. The molecule has 0 unspecified atom stereocenters. The summed E-state index contributed by atoms with van der Waals surface area (Å²) >= 11 is 0. The molecule has 0 radical (unpaired) electrons. The SMILES string of the molecule is CCCCN1C(=O)[C@@H](CC2(O)CCCCC2)NC(=O)C12CCN(Cc1ccc(OC3CCCCC3)cc1)CC2. The molecule has 2 heterocycles. The Balaban J connectivity index is 1.19. The van der Waals surface area contributed by atoms with Crippen LogP contribution in [-0.2, 0) is 16.1 Å². The zero-order valence-electron chi connectivity index (χ0n) is 24.0. The molecule has 0 bridgehead atoms. The van der Waals surface area contributed by atoms with Crippen LogP contribution in [0.1, 0.15) is 109 Å². The molecule has 7 heteroatoms. The van der Waals surface area contributed by atoms with Gasteiger partial charge in [0.2, 0.25) is 11.8 Å². The highest BCUT2D eigenvalue weighted by Crippen LogP contribution is 2.37. The van der Waals surface area contributed by atoms with Gasteiger partial charge in [0.1, 0.15) is 17.3 Å². The molecule has 2 N–H and O–H groups in total. The number of nitrogens with one attached hydrogen (secondary N) is 1. The Morgan fingerprint density at radius 1 is 0.949 bits per heavy atom. The van der Waals surface area contributed by atoms with Gasteiger partial charge in [-0.25, -0.2) is 0 Å². The number of aliphatic hydroxyl groups is 1. The molecule has 1 spiro atoms. The molecule has 7 nitrogen and oxygen atoms in total. The minimum Gasteiger partial charge on any atom is -0.490 e. The molecular weight excluding hydrogens is 490 g/mol. The van der Waals surface area contributed by atoms with Gasteiger partial charge in [-0.3, -0.25) is 14.5 Å². The average Bonchev–Trinajstić information content (AvgIpc) is 2.95. The summed E-state index contributed by atoms with van der Waals surface area (Å²) in [7, 11) is 0. The van der Waals surface area contributed by atoms with Crippen LogP contribution in [0, 0.1) is 0 Å². The number of benzene rings is 1. The van der Waals surface area contributed by atoms with Crippen molar-refractivity contribution < 1.29 is 19.4 Å². The number of piperidine rings is 1. The molecule has 2 aliphatic carbocycles. The Labute approximate surface area is 234 Å². The van der Waals surface area contributed by atoms with Crippen LogP contribution in [-0.4, -0.2) is 69.6 Å². The number of ether oxygens (including phenoxy) is 1. The molecule has 1 atom stereocenters. The third-order valence-corrected chi connectivity index (χ3v) is 9.78. The van der Waals surface area contributed by atoms with Gasteiger partial charge in [0.25, 0.3) is 0 Å². The summed E-state index contributed by atoms with van der Waals surface area (Å²) in [6.45, 7) is 5.12. The van der Waals surface area contributed by atoms with Crippen molar-refractivity contribution in [3.8, 4) is 5.75 Å². The van der Waals surface area contributed by atoms with Gasteiger partial charge < -0.3 is 20.1 Å². The van der Waals surface area contributed by atoms with Crippen LogP contribution >= 0.6 is 0 Å². The molecule has 4 aliphatic rings. The maximum atomic E-state index is 13.8. The van der Waals surface area contributed by atoms with Crippen LogP contribution < -0.4 is 10.1 Å². The molecule has 1 aromatic rings. The van der Waals surface area contributed by atoms with E-state index in [-0.39, 0.29) is 11.8 Å². The van der Waals surface area contributed by atoms with Crippen molar-refractivity contribution in [1.29, 1.82) is 0 Å². The Morgan fingerprint density at radius 2 is 1.62 bits per heavy atom. The molecule has 2 aliphatic heterocycles. The van der Waals surface area contributed by atoms with Crippen molar-refractivity contribution in [2.24, 2.45) is 0 Å². The van der Waals surface area contributed by atoms with E-state index < -0.39 is 17.2 Å². The first-order chi connectivity index (χ1) is 18.9. The predicted molar refractivity (Wildman–Crippen MR) is 152 cm³/mol. The maximum Gasteiger partial charge on any atom is 0.246 e. The molecule has 2 amide bonds. The minimum absolute atomic E-state index is 0.00375. The van der Waals surface area contributed by atoms with Crippen molar-refractivity contribution in [3.63, 3.8) is 0 Å². The molecule has 4 fully saturated rings. The topological polar surface area (TPSA) is 82.1 Å². The number of unbranched alkanes of at least 4 members (excludes halogenated alkanes) is 1. The number of hydrogen-bond donors (Lipinski definition) is 2. The zero-order chi connectivity index (χ0) is 27.3. The lowest BCUT2D eigenvalue weighted by atomic mass is 9.77. The maximum absolute atomic E-state index is 13.8. The first-order valence-corrected chi connectivity index (χ1v) is 15.7. The first-order valence-electron chi connectivity index (χ1n) is 15.7. The fraction of sp³-hybridized carbons (Fsp3) is 0.750. The second-order valence-electron chi connectivity index (χ2n) is 12.7. The van der Waals surface area contributed by atoms with Crippen LogP contribution in [0.15, 0.2) is 24.3 Å². The van der Waals surface area contributed by atoms with Crippen molar-refractivity contribution in [1.82, 2.24) is 15.1 Å². The Bertz CT molecular complexity index is 960. The van der Waals surface area contributed by atoms with Gasteiger partial charge in [-0.05, 0) is 75.5 Å². The van der Waals surface area contributed by atoms with E-state index in [4.69, 9.17) is 4.74 Å².